The summed E-state index contributed by atoms with van der Waals surface area (Å²) in [5.74, 6) is 0. The Bertz CT molecular complexity index is 1170. The number of nitriles is 1. The highest BCUT2D eigenvalue weighted by Crippen LogP contribution is 2.31. The van der Waals surface area contributed by atoms with Crippen LogP contribution >= 0.6 is 11.3 Å². The zero-order valence-corrected chi connectivity index (χ0v) is 16.1. The zero-order chi connectivity index (χ0) is 18.8. The SMILES string of the molecule is CCn1c(C)c(/C=C(/C#N)c2nc(-c3ccccc3)cs2)c2ccccc21. The van der Waals surface area contributed by atoms with Crippen molar-refractivity contribution in [2.75, 3.05) is 0 Å². The van der Waals surface area contributed by atoms with Crippen LogP contribution in [0.2, 0.25) is 0 Å². The molecule has 2 aromatic heterocycles. The number of nitrogens with zero attached hydrogens (tertiary/aromatic N) is 3. The minimum absolute atomic E-state index is 0.601. The highest BCUT2D eigenvalue weighted by molar-refractivity contribution is 7.11. The molecule has 0 saturated carbocycles. The van der Waals surface area contributed by atoms with Gasteiger partial charge in [0.25, 0.3) is 0 Å². The van der Waals surface area contributed by atoms with Gasteiger partial charge in [-0.05, 0) is 26.0 Å². The molecule has 4 rings (SSSR count). The summed E-state index contributed by atoms with van der Waals surface area (Å²) in [6, 6.07) is 20.8. The third-order valence-electron chi connectivity index (χ3n) is 4.81. The van der Waals surface area contributed by atoms with Crippen molar-refractivity contribution in [2.24, 2.45) is 0 Å². The second kappa shape index (κ2) is 7.22. The van der Waals surface area contributed by atoms with E-state index in [1.165, 1.54) is 27.9 Å². The van der Waals surface area contributed by atoms with E-state index in [0.717, 1.165) is 28.4 Å². The normalized spacial score (nSPS) is 11.7. The third kappa shape index (κ3) is 3.07. The molecule has 132 valence electrons. The van der Waals surface area contributed by atoms with Gasteiger partial charge in [-0.25, -0.2) is 4.98 Å². The van der Waals surface area contributed by atoms with Crippen LogP contribution in [0.4, 0.5) is 0 Å². The van der Waals surface area contributed by atoms with E-state index in [-0.39, 0.29) is 0 Å². The summed E-state index contributed by atoms with van der Waals surface area (Å²) in [4.78, 5) is 4.71. The zero-order valence-electron chi connectivity index (χ0n) is 15.3. The quantitative estimate of drug-likeness (QED) is 0.404. The average molecular weight is 369 g/mol. The Labute approximate surface area is 162 Å². The molecule has 0 aliphatic carbocycles. The van der Waals surface area contributed by atoms with Gasteiger partial charge in [0.1, 0.15) is 11.1 Å². The van der Waals surface area contributed by atoms with Crippen LogP contribution in [0.25, 0.3) is 33.8 Å². The number of hydrogen-bond donors (Lipinski definition) is 0. The van der Waals surface area contributed by atoms with Crippen molar-refractivity contribution in [1.82, 2.24) is 9.55 Å². The summed E-state index contributed by atoms with van der Waals surface area (Å²) in [6.07, 6.45) is 1.98. The van der Waals surface area contributed by atoms with Crippen molar-refractivity contribution in [1.29, 1.82) is 5.26 Å². The van der Waals surface area contributed by atoms with Gasteiger partial charge in [-0.1, -0.05) is 48.5 Å². The van der Waals surface area contributed by atoms with Gasteiger partial charge in [0, 0.05) is 39.6 Å². The molecule has 0 bridgehead atoms. The first-order valence-electron chi connectivity index (χ1n) is 8.94. The first kappa shape index (κ1) is 17.3. The molecule has 0 radical (unpaired) electrons. The minimum Gasteiger partial charge on any atom is -0.345 e. The van der Waals surface area contributed by atoms with Crippen LogP contribution in [0, 0.1) is 18.3 Å². The maximum Gasteiger partial charge on any atom is 0.134 e. The van der Waals surface area contributed by atoms with Crippen LogP contribution in [0.1, 0.15) is 23.2 Å². The number of fused-ring (bicyclic) bond motifs is 1. The molecule has 0 atom stereocenters. The minimum atomic E-state index is 0.601. The van der Waals surface area contributed by atoms with E-state index in [1.54, 1.807) is 0 Å². The van der Waals surface area contributed by atoms with Gasteiger partial charge in [0.2, 0.25) is 0 Å². The lowest BCUT2D eigenvalue weighted by Gasteiger charge is -2.03. The number of benzene rings is 2. The number of allylic oxidation sites excluding steroid dienone is 1. The van der Waals surface area contributed by atoms with E-state index in [9.17, 15) is 5.26 Å². The molecule has 2 heterocycles. The van der Waals surface area contributed by atoms with Crippen LogP contribution in [0.15, 0.2) is 60.0 Å². The number of hydrogen-bond acceptors (Lipinski definition) is 3. The van der Waals surface area contributed by atoms with Crippen molar-refractivity contribution < 1.29 is 0 Å². The molecule has 0 amide bonds. The summed E-state index contributed by atoms with van der Waals surface area (Å²) in [6.45, 7) is 5.16. The van der Waals surface area contributed by atoms with Crippen LogP contribution < -0.4 is 0 Å². The van der Waals surface area contributed by atoms with Crippen molar-refractivity contribution >= 4 is 33.9 Å². The van der Waals surface area contributed by atoms with Gasteiger partial charge in [-0.15, -0.1) is 11.3 Å². The topological polar surface area (TPSA) is 41.6 Å². The number of thiazole rings is 1. The molecule has 4 heteroatoms. The molecule has 4 aromatic rings. The second-order valence-electron chi connectivity index (χ2n) is 6.33. The van der Waals surface area contributed by atoms with E-state index in [4.69, 9.17) is 4.98 Å². The Balaban J connectivity index is 1.82. The van der Waals surface area contributed by atoms with Crippen LogP contribution in [-0.4, -0.2) is 9.55 Å². The fourth-order valence-electron chi connectivity index (χ4n) is 3.47. The molecule has 0 aliphatic rings. The predicted octanol–water partition coefficient (Wildman–Crippen LogP) is 6.16. The predicted molar refractivity (Wildman–Crippen MR) is 113 cm³/mol. The summed E-state index contributed by atoms with van der Waals surface area (Å²) in [5.41, 5.74) is 6.04. The molecule has 0 aliphatic heterocycles. The smallest absolute Gasteiger partial charge is 0.134 e. The van der Waals surface area contributed by atoms with E-state index in [1.807, 2.05) is 47.9 Å². The molecular formula is C23H19N3S. The van der Waals surface area contributed by atoms with Gasteiger partial charge in [-0.3, -0.25) is 0 Å². The van der Waals surface area contributed by atoms with E-state index in [0.29, 0.717) is 5.57 Å². The maximum atomic E-state index is 9.79. The highest BCUT2D eigenvalue weighted by Gasteiger charge is 2.14. The Morgan fingerprint density at radius 3 is 2.63 bits per heavy atom. The Hall–Kier alpha value is -3.16. The van der Waals surface area contributed by atoms with Gasteiger partial charge < -0.3 is 4.57 Å². The fourth-order valence-corrected chi connectivity index (χ4v) is 4.27. The van der Waals surface area contributed by atoms with Crippen LogP contribution in [0.5, 0.6) is 0 Å². The van der Waals surface area contributed by atoms with Crippen molar-refractivity contribution in [3.63, 3.8) is 0 Å². The molecule has 0 saturated heterocycles. The van der Waals surface area contributed by atoms with E-state index >= 15 is 0 Å². The Morgan fingerprint density at radius 1 is 1.15 bits per heavy atom. The molecule has 2 aromatic carbocycles. The molecule has 3 nitrogen and oxygen atoms in total. The van der Waals surface area contributed by atoms with E-state index < -0.39 is 0 Å². The summed E-state index contributed by atoms with van der Waals surface area (Å²) < 4.78 is 2.29. The summed E-state index contributed by atoms with van der Waals surface area (Å²) >= 11 is 1.51. The number of aromatic nitrogens is 2. The number of rotatable bonds is 4. The molecule has 0 N–H and O–H groups in total. The van der Waals surface area contributed by atoms with E-state index in [2.05, 4.69) is 42.7 Å². The van der Waals surface area contributed by atoms with Crippen LogP contribution in [-0.2, 0) is 6.54 Å². The number of aryl methyl sites for hydroxylation is 1. The molecule has 0 unspecified atom stereocenters. The second-order valence-corrected chi connectivity index (χ2v) is 7.19. The van der Waals surface area contributed by atoms with Crippen molar-refractivity contribution in [3.05, 3.63) is 76.2 Å². The van der Waals surface area contributed by atoms with Gasteiger partial charge in [-0.2, -0.15) is 5.26 Å². The third-order valence-corrected chi connectivity index (χ3v) is 5.68. The molecule has 27 heavy (non-hydrogen) atoms. The average Bonchev–Trinajstić information content (AvgIpc) is 3.30. The summed E-state index contributed by atoms with van der Waals surface area (Å²) in [5, 5.41) is 13.7. The highest BCUT2D eigenvalue weighted by atomic mass is 32.1. The maximum absolute atomic E-state index is 9.79. The van der Waals surface area contributed by atoms with Gasteiger partial charge in [0.15, 0.2) is 0 Å². The lowest BCUT2D eigenvalue weighted by molar-refractivity contribution is 0.769. The van der Waals surface area contributed by atoms with Gasteiger partial charge >= 0.3 is 0 Å². The van der Waals surface area contributed by atoms with Crippen molar-refractivity contribution in [2.45, 2.75) is 20.4 Å². The molecule has 0 fully saturated rings. The number of para-hydroxylation sites is 1. The first-order valence-corrected chi connectivity index (χ1v) is 9.81. The lowest BCUT2D eigenvalue weighted by atomic mass is 10.1. The molecular weight excluding hydrogens is 350 g/mol. The Kier molecular flexibility index (Phi) is 4.62. The largest absolute Gasteiger partial charge is 0.345 e. The van der Waals surface area contributed by atoms with Gasteiger partial charge in [0.05, 0.1) is 11.3 Å². The van der Waals surface area contributed by atoms with Crippen molar-refractivity contribution in [3.8, 4) is 17.3 Å². The standard InChI is InChI=1S/C23H19N3S/c1-3-26-16(2)20(19-11-7-8-12-22(19)26)13-18(14-24)23-25-21(15-27-23)17-9-5-4-6-10-17/h4-13,15H,3H2,1-2H3/b18-13-. The summed E-state index contributed by atoms with van der Waals surface area (Å²) in [7, 11) is 0. The lowest BCUT2D eigenvalue weighted by Crippen LogP contribution is -1.96. The monoisotopic (exact) mass is 369 g/mol. The first-order chi connectivity index (χ1) is 13.2. The molecule has 0 spiro atoms. The fraction of sp³-hybridized carbons (Fsp3) is 0.130. The van der Waals surface area contributed by atoms with Crippen LogP contribution in [0.3, 0.4) is 0 Å². The Morgan fingerprint density at radius 2 is 1.89 bits per heavy atom.